The second-order valence-electron chi connectivity index (χ2n) is 5.52. The Morgan fingerprint density at radius 1 is 1.32 bits per heavy atom. The molecule has 0 aliphatic carbocycles. The molecule has 4 rings (SSSR count). The number of nitrogens with zero attached hydrogens (tertiary/aromatic N) is 2. The Hall–Kier alpha value is -1.85. The zero-order chi connectivity index (χ0) is 15.1. The molecule has 3 heterocycles. The summed E-state index contributed by atoms with van der Waals surface area (Å²) in [5.41, 5.74) is 4.90. The molecule has 0 saturated carbocycles. The van der Waals surface area contributed by atoms with E-state index < -0.39 is 0 Å². The molecule has 0 atom stereocenters. The van der Waals surface area contributed by atoms with Crippen LogP contribution in [-0.4, -0.2) is 22.5 Å². The SMILES string of the molecule is CCOc1ccc(-c2nc3sc4c(n3c2C)CCNC4)cc1. The van der Waals surface area contributed by atoms with Crippen LogP contribution >= 0.6 is 11.3 Å². The van der Waals surface area contributed by atoms with E-state index in [0.717, 1.165) is 41.5 Å². The van der Waals surface area contributed by atoms with Crippen molar-refractivity contribution >= 4 is 16.3 Å². The first-order chi connectivity index (χ1) is 10.8. The van der Waals surface area contributed by atoms with Crippen LogP contribution in [-0.2, 0) is 13.0 Å². The Balaban J connectivity index is 1.78. The Bertz CT molecular complexity index is 817. The minimum absolute atomic E-state index is 0.693. The van der Waals surface area contributed by atoms with E-state index in [4.69, 9.17) is 9.72 Å². The van der Waals surface area contributed by atoms with Crippen LogP contribution in [0.2, 0.25) is 0 Å². The molecule has 0 fully saturated rings. The molecule has 0 saturated heterocycles. The lowest BCUT2D eigenvalue weighted by Crippen LogP contribution is -2.23. The van der Waals surface area contributed by atoms with E-state index in [-0.39, 0.29) is 0 Å². The lowest BCUT2D eigenvalue weighted by atomic mass is 10.1. The molecule has 5 heteroatoms. The maximum Gasteiger partial charge on any atom is 0.194 e. The maximum atomic E-state index is 5.51. The minimum atomic E-state index is 0.693. The van der Waals surface area contributed by atoms with Crippen molar-refractivity contribution in [2.45, 2.75) is 26.8 Å². The fourth-order valence-corrected chi connectivity index (χ4v) is 4.28. The zero-order valence-electron chi connectivity index (χ0n) is 12.8. The monoisotopic (exact) mass is 313 g/mol. The molecule has 2 aromatic heterocycles. The standard InChI is InChI=1S/C17H19N3OS/c1-3-21-13-6-4-12(5-7-13)16-11(2)20-14-8-9-18-10-15(14)22-17(20)19-16/h4-7,18H,3,8-10H2,1-2H3. The van der Waals surface area contributed by atoms with Crippen molar-refractivity contribution in [2.24, 2.45) is 0 Å². The van der Waals surface area contributed by atoms with Gasteiger partial charge in [-0.2, -0.15) is 0 Å². The number of fused-ring (bicyclic) bond motifs is 3. The second-order valence-corrected chi connectivity index (χ2v) is 6.58. The Labute approximate surface area is 133 Å². The summed E-state index contributed by atoms with van der Waals surface area (Å²) in [6, 6.07) is 8.23. The highest BCUT2D eigenvalue weighted by molar-refractivity contribution is 7.17. The molecule has 1 aliphatic rings. The maximum absolute atomic E-state index is 5.51. The van der Waals surface area contributed by atoms with Crippen molar-refractivity contribution in [3.63, 3.8) is 0 Å². The number of aromatic nitrogens is 2. The number of benzene rings is 1. The largest absolute Gasteiger partial charge is 0.494 e. The number of ether oxygens (including phenoxy) is 1. The quantitative estimate of drug-likeness (QED) is 0.805. The third kappa shape index (κ3) is 2.12. The molecule has 1 aromatic carbocycles. The zero-order valence-corrected chi connectivity index (χ0v) is 13.7. The van der Waals surface area contributed by atoms with Crippen molar-refractivity contribution in [1.29, 1.82) is 0 Å². The molecule has 0 unspecified atom stereocenters. The van der Waals surface area contributed by atoms with Crippen LogP contribution in [0.5, 0.6) is 5.75 Å². The van der Waals surface area contributed by atoms with Gasteiger partial charge in [0.2, 0.25) is 0 Å². The van der Waals surface area contributed by atoms with Gasteiger partial charge in [-0.3, -0.25) is 4.40 Å². The normalized spacial score (nSPS) is 14.3. The molecular formula is C17H19N3OS. The van der Waals surface area contributed by atoms with E-state index in [2.05, 4.69) is 28.8 Å². The molecule has 22 heavy (non-hydrogen) atoms. The van der Waals surface area contributed by atoms with E-state index in [1.807, 2.05) is 19.1 Å². The smallest absolute Gasteiger partial charge is 0.194 e. The first-order valence-electron chi connectivity index (χ1n) is 7.71. The van der Waals surface area contributed by atoms with E-state index >= 15 is 0 Å². The number of aryl methyl sites for hydroxylation is 1. The topological polar surface area (TPSA) is 38.6 Å². The fourth-order valence-electron chi connectivity index (χ4n) is 3.10. The van der Waals surface area contributed by atoms with Crippen LogP contribution in [0, 0.1) is 6.92 Å². The molecular weight excluding hydrogens is 294 g/mol. The lowest BCUT2D eigenvalue weighted by Gasteiger charge is -2.13. The summed E-state index contributed by atoms with van der Waals surface area (Å²) in [5, 5.41) is 3.43. The van der Waals surface area contributed by atoms with Crippen molar-refractivity contribution in [3.8, 4) is 17.0 Å². The van der Waals surface area contributed by atoms with Gasteiger partial charge in [0.1, 0.15) is 5.75 Å². The number of nitrogens with one attached hydrogen (secondary N) is 1. The third-order valence-electron chi connectivity index (χ3n) is 4.15. The van der Waals surface area contributed by atoms with Crippen LogP contribution < -0.4 is 10.1 Å². The highest BCUT2D eigenvalue weighted by Gasteiger charge is 2.20. The van der Waals surface area contributed by atoms with Gasteiger partial charge in [0.25, 0.3) is 0 Å². The van der Waals surface area contributed by atoms with E-state index in [0.29, 0.717) is 6.61 Å². The average molecular weight is 313 g/mol. The Kier molecular flexibility index (Phi) is 3.39. The lowest BCUT2D eigenvalue weighted by molar-refractivity contribution is 0.340. The number of thiazole rings is 1. The average Bonchev–Trinajstić information content (AvgIpc) is 3.05. The van der Waals surface area contributed by atoms with Gasteiger partial charge in [0.05, 0.1) is 12.3 Å². The fraction of sp³-hybridized carbons (Fsp3) is 0.353. The third-order valence-corrected chi connectivity index (χ3v) is 5.23. The van der Waals surface area contributed by atoms with Crippen molar-refractivity contribution in [3.05, 3.63) is 40.5 Å². The van der Waals surface area contributed by atoms with Crippen LogP contribution in [0.4, 0.5) is 0 Å². The predicted octanol–water partition coefficient (Wildman–Crippen LogP) is 3.42. The summed E-state index contributed by atoms with van der Waals surface area (Å²) in [6.07, 6.45) is 1.08. The number of rotatable bonds is 3. The van der Waals surface area contributed by atoms with E-state index in [1.54, 1.807) is 11.3 Å². The first-order valence-corrected chi connectivity index (χ1v) is 8.53. The van der Waals surface area contributed by atoms with Crippen LogP contribution in [0.25, 0.3) is 16.2 Å². The minimum Gasteiger partial charge on any atom is -0.494 e. The van der Waals surface area contributed by atoms with Crippen LogP contribution in [0.15, 0.2) is 24.3 Å². The summed E-state index contributed by atoms with van der Waals surface area (Å²) in [7, 11) is 0. The first kappa shape index (κ1) is 13.8. The van der Waals surface area contributed by atoms with Gasteiger partial charge in [0.15, 0.2) is 4.96 Å². The molecule has 0 spiro atoms. The predicted molar refractivity (Wildman–Crippen MR) is 89.8 cm³/mol. The molecule has 0 radical (unpaired) electrons. The highest BCUT2D eigenvalue weighted by Crippen LogP contribution is 2.32. The Morgan fingerprint density at radius 2 is 2.14 bits per heavy atom. The molecule has 0 amide bonds. The summed E-state index contributed by atoms with van der Waals surface area (Å²) in [6.45, 7) is 6.88. The van der Waals surface area contributed by atoms with E-state index in [9.17, 15) is 0 Å². The number of imidazole rings is 1. The van der Waals surface area contributed by atoms with Gasteiger partial charge < -0.3 is 10.1 Å². The van der Waals surface area contributed by atoms with Crippen molar-refractivity contribution < 1.29 is 4.74 Å². The van der Waals surface area contributed by atoms with Gasteiger partial charge in [-0.25, -0.2) is 4.98 Å². The Morgan fingerprint density at radius 3 is 2.91 bits per heavy atom. The molecule has 0 bridgehead atoms. The molecule has 3 aromatic rings. The summed E-state index contributed by atoms with van der Waals surface area (Å²) in [4.78, 5) is 7.41. The summed E-state index contributed by atoms with van der Waals surface area (Å²) >= 11 is 1.81. The molecule has 1 N–H and O–H groups in total. The molecule has 1 aliphatic heterocycles. The van der Waals surface area contributed by atoms with Gasteiger partial charge >= 0.3 is 0 Å². The van der Waals surface area contributed by atoms with Gasteiger partial charge in [0, 0.05) is 41.3 Å². The van der Waals surface area contributed by atoms with E-state index in [1.165, 1.54) is 16.3 Å². The van der Waals surface area contributed by atoms with Gasteiger partial charge in [-0.15, -0.1) is 0 Å². The van der Waals surface area contributed by atoms with Crippen LogP contribution in [0.3, 0.4) is 0 Å². The molecule has 4 nitrogen and oxygen atoms in total. The summed E-state index contributed by atoms with van der Waals surface area (Å²) in [5.74, 6) is 0.911. The van der Waals surface area contributed by atoms with Gasteiger partial charge in [-0.05, 0) is 38.1 Å². The highest BCUT2D eigenvalue weighted by atomic mass is 32.1. The van der Waals surface area contributed by atoms with Crippen molar-refractivity contribution in [2.75, 3.05) is 13.2 Å². The van der Waals surface area contributed by atoms with Crippen molar-refractivity contribution in [1.82, 2.24) is 14.7 Å². The molecule has 114 valence electrons. The number of hydrogen-bond acceptors (Lipinski definition) is 4. The van der Waals surface area contributed by atoms with Crippen LogP contribution in [0.1, 0.15) is 23.2 Å². The summed E-state index contributed by atoms with van der Waals surface area (Å²) < 4.78 is 7.85. The second kappa shape index (κ2) is 5.41. The number of hydrogen-bond donors (Lipinski definition) is 1. The van der Waals surface area contributed by atoms with Gasteiger partial charge in [-0.1, -0.05) is 11.3 Å².